The number of aromatic carboxylic acids is 1. The van der Waals surface area contributed by atoms with Crippen molar-refractivity contribution in [3.8, 4) is 0 Å². The van der Waals surface area contributed by atoms with Crippen molar-refractivity contribution in [2.75, 3.05) is 11.9 Å². The molecule has 0 aromatic carbocycles. The van der Waals surface area contributed by atoms with Crippen LogP contribution in [0.5, 0.6) is 0 Å². The number of carbonyl (C=O) groups is 1. The minimum absolute atomic E-state index is 0.0165. The first kappa shape index (κ1) is 11.3. The Balaban J connectivity index is 1.80. The second-order valence-electron chi connectivity index (χ2n) is 3.71. The molecule has 1 aromatic heterocycles. The first-order valence-electron chi connectivity index (χ1n) is 4.79. The molecule has 88 valence electrons. The number of aromatic nitrogens is 1. The lowest BCUT2D eigenvalue weighted by atomic mass is 10.3. The van der Waals surface area contributed by atoms with Crippen LogP contribution in [0.15, 0.2) is 6.20 Å². The van der Waals surface area contributed by atoms with Gasteiger partial charge < -0.3 is 10.4 Å². The van der Waals surface area contributed by atoms with Crippen LogP contribution in [-0.2, 0) is 0 Å². The van der Waals surface area contributed by atoms with Crippen molar-refractivity contribution < 1.29 is 18.7 Å². The summed E-state index contributed by atoms with van der Waals surface area (Å²) < 4.78 is 24.4. The summed E-state index contributed by atoms with van der Waals surface area (Å²) in [5.41, 5.74) is 0. The van der Waals surface area contributed by atoms with Gasteiger partial charge in [0.25, 0.3) is 0 Å². The second-order valence-corrected chi connectivity index (χ2v) is 4.74. The van der Waals surface area contributed by atoms with Crippen LogP contribution in [0.4, 0.5) is 13.9 Å². The highest BCUT2D eigenvalue weighted by molar-refractivity contribution is 7.17. The van der Waals surface area contributed by atoms with Gasteiger partial charge in [-0.25, -0.2) is 18.6 Å². The molecule has 0 unspecified atom stereocenters. The predicted octanol–water partition coefficient (Wildman–Crippen LogP) is 2.15. The normalized spacial score (nSPS) is 23.4. The molecule has 0 aliphatic heterocycles. The Morgan fingerprint density at radius 3 is 3.00 bits per heavy atom. The fraction of sp³-hybridized carbons (Fsp3) is 0.556. The Morgan fingerprint density at radius 1 is 1.75 bits per heavy atom. The minimum Gasteiger partial charge on any atom is -0.477 e. The molecule has 0 amide bonds. The van der Waals surface area contributed by atoms with Crippen molar-refractivity contribution in [1.29, 1.82) is 0 Å². The molecule has 2 rings (SSSR count). The number of hydrogen-bond acceptors (Lipinski definition) is 4. The third-order valence-electron chi connectivity index (χ3n) is 2.53. The number of hydrogen-bond donors (Lipinski definition) is 2. The molecule has 1 heterocycles. The lowest BCUT2D eigenvalue weighted by Gasteiger charge is -2.00. The molecule has 0 spiro atoms. The summed E-state index contributed by atoms with van der Waals surface area (Å²) >= 11 is 1.01. The minimum atomic E-state index is -2.25. The van der Waals surface area contributed by atoms with Crippen molar-refractivity contribution in [1.82, 2.24) is 4.98 Å². The highest BCUT2D eigenvalue weighted by Crippen LogP contribution is 2.43. The Morgan fingerprint density at radius 2 is 2.50 bits per heavy atom. The Labute approximate surface area is 94.3 Å². The van der Waals surface area contributed by atoms with Gasteiger partial charge in [-0.1, -0.05) is 11.3 Å². The summed E-state index contributed by atoms with van der Waals surface area (Å²) in [6, 6.07) is 0. The number of nitrogens with one attached hydrogen (secondary N) is 1. The highest BCUT2D eigenvalue weighted by atomic mass is 32.1. The largest absolute Gasteiger partial charge is 0.477 e. The molecular formula is C9H10F2N2O2S. The number of rotatable bonds is 5. The summed E-state index contributed by atoms with van der Waals surface area (Å²) in [5, 5.41) is 12.0. The molecular weight excluding hydrogens is 238 g/mol. The molecule has 1 aromatic rings. The SMILES string of the molecule is O=C(O)c1cnc(NC[C@@H]2C[C@@H]2C(F)F)s1. The molecule has 2 N–H and O–H groups in total. The van der Waals surface area contributed by atoms with Crippen molar-refractivity contribution in [2.45, 2.75) is 12.8 Å². The third-order valence-corrected chi connectivity index (χ3v) is 3.48. The molecule has 0 bridgehead atoms. The lowest BCUT2D eigenvalue weighted by molar-refractivity contribution is 0.0702. The summed E-state index contributed by atoms with van der Waals surface area (Å²) in [5.74, 6) is -1.55. The van der Waals surface area contributed by atoms with Crippen LogP contribution >= 0.6 is 11.3 Å². The molecule has 0 radical (unpaired) electrons. The Kier molecular flexibility index (Phi) is 3.04. The van der Waals surface area contributed by atoms with E-state index in [0.717, 1.165) is 11.3 Å². The lowest BCUT2D eigenvalue weighted by Crippen LogP contribution is -2.07. The topological polar surface area (TPSA) is 62.2 Å². The summed E-state index contributed by atoms with van der Waals surface area (Å²) in [6.07, 6.45) is -0.466. The van der Waals surface area contributed by atoms with E-state index in [9.17, 15) is 13.6 Å². The zero-order chi connectivity index (χ0) is 11.7. The summed E-state index contributed by atoms with van der Waals surface area (Å²) in [7, 11) is 0. The fourth-order valence-electron chi connectivity index (χ4n) is 1.49. The zero-order valence-corrected chi connectivity index (χ0v) is 9.01. The number of carboxylic acid groups (broad SMARTS) is 1. The number of nitrogens with zero attached hydrogens (tertiary/aromatic N) is 1. The van der Waals surface area contributed by atoms with Gasteiger partial charge in [0.2, 0.25) is 6.43 Å². The average Bonchev–Trinajstić information content (AvgIpc) is 2.84. The van der Waals surface area contributed by atoms with E-state index in [-0.39, 0.29) is 10.8 Å². The van der Waals surface area contributed by atoms with Gasteiger partial charge in [0.1, 0.15) is 4.88 Å². The number of thiazole rings is 1. The van der Waals surface area contributed by atoms with Crippen LogP contribution in [0.1, 0.15) is 16.1 Å². The number of anilines is 1. The molecule has 1 fully saturated rings. The fourth-order valence-corrected chi connectivity index (χ4v) is 2.15. The van der Waals surface area contributed by atoms with Crippen molar-refractivity contribution in [3.05, 3.63) is 11.1 Å². The van der Waals surface area contributed by atoms with Gasteiger partial charge in [0.15, 0.2) is 5.13 Å². The van der Waals surface area contributed by atoms with Gasteiger partial charge in [0.05, 0.1) is 6.20 Å². The van der Waals surface area contributed by atoms with Gasteiger partial charge in [-0.3, -0.25) is 0 Å². The van der Waals surface area contributed by atoms with E-state index in [0.29, 0.717) is 18.1 Å². The van der Waals surface area contributed by atoms with Gasteiger partial charge >= 0.3 is 5.97 Å². The van der Waals surface area contributed by atoms with E-state index in [1.54, 1.807) is 0 Å². The maximum Gasteiger partial charge on any atom is 0.347 e. The van der Waals surface area contributed by atoms with Gasteiger partial charge in [0, 0.05) is 12.5 Å². The molecule has 7 heteroatoms. The highest BCUT2D eigenvalue weighted by Gasteiger charge is 2.43. The molecule has 1 saturated carbocycles. The van der Waals surface area contributed by atoms with Crippen molar-refractivity contribution in [2.24, 2.45) is 11.8 Å². The first-order chi connectivity index (χ1) is 7.58. The van der Waals surface area contributed by atoms with Gasteiger partial charge in [-0.2, -0.15) is 0 Å². The van der Waals surface area contributed by atoms with Crippen LogP contribution in [-0.4, -0.2) is 29.0 Å². The molecule has 16 heavy (non-hydrogen) atoms. The van der Waals surface area contributed by atoms with Crippen LogP contribution < -0.4 is 5.32 Å². The zero-order valence-electron chi connectivity index (χ0n) is 8.19. The van der Waals surface area contributed by atoms with E-state index in [4.69, 9.17) is 5.11 Å². The first-order valence-corrected chi connectivity index (χ1v) is 5.60. The second kappa shape index (κ2) is 4.32. The molecule has 1 aliphatic carbocycles. The molecule has 4 nitrogen and oxygen atoms in total. The third kappa shape index (κ3) is 2.46. The van der Waals surface area contributed by atoms with Crippen LogP contribution in [0, 0.1) is 11.8 Å². The van der Waals surface area contributed by atoms with E-state index in [1.165, 1.54) is 6.20 Å². The molecule has 2 atom stereocenters. The quantitative estimate of drug-likeness (QED) is 0.838. The maximum atomic E-state index is 12.2. The van der Waals surface area contributed by atoms with Crippen LogP contribution in [0.2, 0.25) is 0 Å². The van der Waals surface area contributed by atoms with E-state index in [1.807, 2.05) is 0 Å². The number of carboxylic acids is 1. The van der Waals surface area contributed by atoms with E-state index in [2.05, 4.69) is 10.3 Å². The van der Waals surface area contributed by atoms with E-state index >= 15 is 0 Å². The average molecular weight is 248 g/mol. The monoisotopic (exact) mass is 248 g/mol. The number of alkyl halides is 2. The molecule has 1 aliphatic rings. The van der Waals surface area contributed by atoms with Gasteiger partial charge in [-0.15, -0.1) is 0 Å². The maximum absolute atomic E-state index is 12.2. The Bertz CT molecular complexity index is 397. The summed E-state index contributed by atoms with van der Waals surface area (Å²) in [4.78, 5) is 14.5. The predicted molar refractivity (Wildman–Crippen MR) is 55.2 cm³/mol. The standard InChI is InChI=1S/C9H10F2N2O2S/c10-7(11)5-1-4(5)2-12-9-13-3-6(16-9)8(14)15/h3-5,7H,1-2H2,(H,12,13)(H,14,15)/t4-,5-/m0/s1. The summed E-state index contributed by atoms with van der Waals surface area (Å²) in [6.45, 7) is 0.432. The van der Waals surface area contributed by atoms with Crippen molar-refractivity contribution >= 4 is 22.4 Å². The number of halogens is 2. The molecule has 0 saturated heterocycles. The van der Waals surface area contributed by atoms with E-state index < -0.39 is 18.3 Å². The smallest absolute Gasteiger partial charge is 0.347 e. The Hall–Kier alpha value is -1.24. The van der Waals surface area contributed by atoms with Crippen molar-refractivity contribution in [3.63, 3.8) is 0 Å². The van der Waals surface area contributed by atoms with Gasteiger partial charge in [-0.05, 0) is 12.3 Å². The van der Waals surface area contributed by atoms with Crippen LogP contribution in [0.25, 0.3) is 0 Å². The van der Waals surface area contributed by atoms with Crippen LogP contribution in [0.3, 0.4) is 0 Å².